The highest BCUT2D eigenvalue weighted by Crippen LogP contribution is 2.34. The average molecular weight is 598 g/mol. The van der Waals surface area contributed by atoms with Crippen molar-refractivity contribution in [1.82, 2.24) is 9.66 Å². The van der Waals surface area contributed by atoms with Gasteiger partial charge in [0.2, 0.25) is 0 Å². The smallest absolute Gasteiger partial charge is 0.282 e. The number of anilines is 1. The number of nitrogens with one attached hydrogen (secondary N) is 1. The number of nitrogens with zero attached hydrogens (tertiary/aromatic N) is 3. The molecule has 38 heavy (non-hydrogen) atoms. The van der Waals surface area contributed by atoms with Crippen molar-refractivity contribution < 1.29 is 14.3 Å². The monoisotopic (exact) mass is 596 g/mol. The minimum atomic E-state index is -0.346. The predicted octanol–water partition coefficient (Wildman–Crippen LogP) is 6.15. The molecule has 0 aliphatic carbocycles. The molecule has 3 aromatic carbocycles. The standard InChI is InChI=1S/C28H26BrClN4O4/c1-16(2)27-33-23-10-9-19(29)12-21(23)28(36)34(27)31-14-18-11-20(30)13-24(37-4)26(18)38-15-25(35)32-22-8-6-5-7-17(22)3/h5-14,16H,15H2,1-4H3,(H,32,35). The highest BCUT2D eigenvalue weighted by molar-refractivity contribution is 9.10. The van der Waals surface area contributed by atoms with Crippen LogP contribution >= 0.6 is 27.5 Å². The van der Waals surface area contributed by atoms with Gasteiger partial charge in [-0.1, -0.05) is 59.6 Å². The Balaban J connectivity index is 1.70. The zero-order valence-corrected chi connectivity index (χ0v) is 23.6. The summed E-state index contributed by atoms with van der Waals surface area (Å²) in [5, 5.41) is 8.10. The van der Waals surface area contributed by atoms with Crippen LogP contribution in [-0.2, 0) is 4.79 Å². The van der Waals surface area contributed by atoms with E-state index < -0.39 is 0 Å². The van der Waals surface area contributed by atoms with Crippen molar-refractivity contribution in [3.63, 3.8) is 0 Å². The van der Waals surface area contributed by atoms with Crippen molar-refractivity contribution in [2.75, 3.05) is 19.0 Å². The third kappa shape index (κ3) is 6.06. The van der Waals surface area contributed by atoms with E-state index in [0.717, 1.165) is 10.0 Å². The number of carbonyl (C=O) groups is 1. The van der Waals surface area contributed by atoms with Gasteiger partial charge in [-0.2, -0.15) is 9.78 Å². The first kappa shape index (κ1) is 27.3. The number of carbonyl (C=O) groups excluding carboxylic acids is 1. The number of aromatic nitrogens is 2. The van der Waals surface area contributed by atoms with Gasteiger partial charge in [-0.3, -0.25) is 9.59 Å². The van der Waals surface area contributed by atoms with E-state index in [0.29, 0.717) is 38.8 Å². The normalized spacial score (nSPS) is 11.3. The van der Waals surface area contributed by atoms with E-state index in [1.54, 1.807) is 24.3 Å². The Morgan fingerprint density at radius 3 is 2.68 bits per heavy atom. The highest BCUT2D eigenvalue weighted by atomic mass is 79.9. The Morgan fingerprint density at radius 2 is 1.97 bits per heavy atom. The van der Waals surface area contributed by atoms with Crippen LogP contribution in [0.3, 0.4) is 0 Å². The van der Waals surface area contributed by atoms with Crippen molar-refractivity contribution in [3.05, 3.63) is 91.4 Å². The molecule has 1 amide bonds. The molecule has 0 radical (unpaired) electrons. The summed E-state index contributed by atoms with van der Waals surface area (Å²) in [5.41, 5.74) is 2.32. The first-order valence-corrected chi connectivity index (χ1v) is 13.0. The fraction of sp³-hybridized carbons (Fsp3) is 0.214. The molecule has 8 nitrogen and oxygen atoms in total. The third-order valence-electron chi connectivity index (χ3n) is 5.70. The fourth-order valence-electron chi connectivity index (χ4n) is 3.80. The van der Waals surface area contributed by atoms with Gasteiger partial charge in [0.1, 0.15) is 5.82 Å². The number of rotatable bonds is 8. The van der Waals surface area contributed by atoms with Crippen LogP contribution in [0.4, 0.5) is 5.69 Å². The van der Waals surface area contributed by atoms with Crippen LogP contribution in [0.25, 0.3) is 10.9 Å². The van der Waals surface area contributed by atoms with Crippen molar-refractivity contribution in [3.8, 4) is 11.5 Å². The first-order valence-electron chi connectivity index (χ1n) is 11.8. The van der Waals surface area contributed by atoms with Crippen LogP contribution in [0, 0.1) is 6.92 Å². The first-order chi connectivity index (χ1) is 18.2. The second-order valence-electron chi connectivity index (χ2n) is 8.83. The van der Waals surface area contributed by atoms with Crippen LogP contribution < -0.4 is 20.3 Å². The number of aryl methyl sites for hydroxylation is 1. The summed E-state index contributed by atoms with van der Waals surface area (Å²) in [6.45, 7) is 5.49. The molecule has 0 atom stereocenters. The Kier molecular flexibility index (Phi) is 8.48. The summed E-state index contributed by atoms with van der Waals surface area (Å²) in [7, 11) is 1.47. The second kappa shape index (κ2) is 11.8. The van der Waals surface area contributed by atoms with E-state index in [-0.39, 0.29) is 29.7 Å². The number of fused-ring (bicyclic) bond motifs is 1. The van der Waals surface area contributed by atoms with Crippen LogP contribution in [-0.4, -0.2) is 35.5 Å². The van der Waals surface area contributed by atoms with Crippen LogP contribution in [0.5, 0.6) is 11.5 Å². The van der Waals surface area contributed by atoms with Crippen LogP contribution in [0.2, 0.25) is 5.02 Å². The summed E-state index contributed by atoms with van der Waals surface area (Å²) in [5.74, 6) is 0.649. The maximum absolute atomic E-state index is 13.4. The number of halogens is 2. The minimum Gasteiger partial charge on any atom is -0.493 e. The number of para-hydroxylation sites is 1. The average Bonchev–Trinajstić information content (AvgIpc) is 2.88. The fourth-order valence-corrected chi connectivity index (χ4v) is 4.38. The van der Waals surface area contributed by atoms with Gasteiger partial charge in [-0.25, -0.2) is 4.98 Å². The number of benzene rings is 3. The molecule has 1 aromatic heterocycles. The zero-order valence-electron chi connectivity index (χ0n) is 21.3. The van der Waals surface area contributed by atoms with Gasteiger partial charge >= 0.3 is 0 Å². The van der Waals surface area contributed by atoms with Gasteiger partial charge in [-0.15, -0.1) is 0 Å². The lowest BCUT2D eigenvalue weighted by molar-refractivity contribution is -0.118. The molecule has 4 rings (SSSR count). The molecule has 0 saturated carbocycles. The largest absolute Gasteiger partial charge is 0.493 e. The molecule has 0 saturated heterocycles. The van der Waals surface area contributed by atoms with Crippen molar-refractivity contribution >= 4 is 56.2 Å². The topological polar surface area (TPSA) is 94.8 Å². The molecular formula is C28H26BrClN4O4. The van der Waals surface area contributed by atoms with Crippen LogP contribution in [0.15, 0.2) is 69.0 Å². The quantitative estimate of drug-likeness (QED) is 0.246. The number of amides is 1. The van der Waals surface area contributed by atoms with E-state index in [4.69, 9.17) is 21.1 Å². The molecule has 0 spiro atoms. The van der Waals surface area contributed by atoms with Gasteiger partial charge in [0.05, 0.1) is 24.2 Å². The molecule has 0 bridgehead atoms. The minimum absolute atomic E-state index is 0.0809. The summed E-state index contributed by atoms with van der Waals surface area (Å²) in [6, 6.07) is 16.0. The Hall–Kier alpha value is -3.69. The van der Waals surface area contributed by atoms with Crippen LogP contribution in [0.1, 0.15) is 36.7 Å². The van der Waals surface area contributed by atoms with Gasteiger partial charge in [-0.05, 0) is 42.8 Å². The second-order valence-corrected chi connectivity index (χ2v) is 10.2. The lowest BCUT2D eigenvalue weighted by atomic mass is 10.2. The van der Waals surface area contributed by atoms with E-state index in [1.165, 1.54) is 18.0 Å². The highest BCUT2D eigenvalue weighted by Gasteiger charge is 2.17. The number of hydrogen-bond acceptors (Lipinski definition) is 6. The number of methoxy groups -OCH3 is 1. The van der Waals surface area contributed by atoms with E-state index in [9.17, 15) is 9.59 Å². The number of hydrogen-bond donors (Lipinski definition) is 1. The molecule has 1 heterocycles. The van der Waals surface area contributed by atoms with E-state index >= 15 is 0 Å². The van der Waals surface area contributed by atoms with E-state index in [1.807, 2.05) is 51.1 Å². The lowest BCUT2D eigenvalue weighted by Gasteiger charge is -2.15. The van der Waals surface area contributed by atoms with Crippen molar-refractivity contribution in [1.29, 1.82) is 0 Å². The molecule has 1 N–H and O–H groups in total. The van der Waals surface area contributed by atoms with Gasteiger partial charge in [0, 0.05) is 32.7 Å². The maximum atomic E-state index is 13.4. The van der Waals surface area contributed by atoms with Gasteiger partial charge in [0.15, 0.2) is 18.1 Å². The Morgan fingerprint density at radius 1 is 1.21 bits per heavy atom. The maximum Gasteiger partial charge on any atom is 0.282 e. The van der Waals surface area contributed by atoms with Crippen molar-refractivity contribution in [2.24, 2.45) is 5.10 Å². The molecule has 0 aliphatic rings. The SMILES string of the molecule is COc1cc(Cl)cc(C=Nn2c(C(C)C)nc3ccc(Br)cc3c2=O)c1OCC(=O)Nc1ccccc1C. The summed E-state index contributed by atoms with van der Waals surface area (Å²) in [6.07, 6.45) is 1.45. The molecule has 196 valence electrons. The predicted molar refractivity (Wildman–Crippen MR) is 154 cm³/mol. The van der Waals surface area contributed by atoms with E-state index in [2.05, 4.69) is 31.3 Å². The summed E-state index contributed by atoms with van der Waals surface area (Å²) >= 11 is 9.72. The molecule has 0 unspecified atom stereocenters. The van der Waals surface area contributed by atoms with Gasteiger partial charge < -0.3 is 14.8 Å². The zero-order chi connectivity index (χ0) is 27.4. The molecule has 0 aliphatic heterocycles. The Bertz CT molecular complexity index is 1600. The summed E-state index contributed by atoms with van der Waals surface area (Å²) < 4.78 is 13.4. The molecular weight excluding hydrogens is 572 g/mol. The Labute approximate surface area is 233 Å². The lowest BCUT2D eigenvalue weighted by Crippen LogP contribution is -2.23. The summed E-state index contributed by atoms with van der Waals surface area (Å²) in [4.78, 5) is 30.7. The third-order valence-corrected chi connectivity index (χ3v) is 6.41. The van der Waals surface area contributed by atoms with Crippen molar-refractivity contribution in [2.45, 2.75) is 26.7 Å². The molecule has 0 fully saturated rings. The molecule has 4 aromatic rings. The number of ether oxygens (including phenoxy) is 2. The van der Waals surface area contributed by atoms with Gasteiger partial charge in [0.25, 0.3) is 11.5 Å². The molecule has 10 heteroatoms.